The normalized spacial score (nSPS) is 11.3. The Labute approximate surface area is 174 Å². The summed E-state index contributed by atoms with van der Waals surface area (Å²) in [5.41, 5.74) is 0.986. The zero-order valence-corrected chi connectivity index (χ0v) is 17.0. The molecule has 1 aromatic heterocycles. The van der Waals surface area contributed by atoms with Crippen molar-refractivity contribution in [3.63, 3.8) is 0 Å². The summed E-state index contributed by atoms with van der Waals surface area (Å²) in [5.74, 6) is 0.748. The van der Waals surface area contributed by atoms with Crippen molar-refractivity contribution in [1.29, 1.82) is 0 Å². The molecular formula is C22H23FN4OS. The van der Waals surface area contributed by atoms with Gasteiger partial charge in [-0.2, -0.15) is 4.98 Å². The van der Waals surface area contributed by atoms with Crippen molar-refractivity contribution in [2.45, 2.75) is 24.8 Å². The number of benzene rings is 2. The molecule has 0 aliphatic heterocycles. The average Bonchev–Trinajstić information content (AvgIpc) is 2.77. The molecule has 7 heteroatoms. The number of aromatic nitrogens is 2. The third kappa shape index (κ3) is 6.87. The van der Waals surface area contributed by atoms with Gasteiger partial charge < -0.3 is 10.1 Å². The zero-order chi connectivity index (χ0) is 20.3. The third-order valence-electron chi connectivity index (χ3n) is 3.84. The van der Waals surface area contributed by atoms with Gasteiger partial charge in [-0.1, -0.05) is 55.5 Å². The number of halogens is 1. The molecule has 3 rings (SSSR count). The van der Waals surface area contributed by atoms with E-state index in [9.17, 15) is 4.39 Å². The van der Waals surface area contributed by atoms with Gasteiger partial charge in [0.15, 0.2) is 11.6 Å². The molecule has 0 bridgehead atoms. The number of thioether (sulfide) groups is 1. The van der Waals surface area contributed by atoms with Gasteiger partial charge in [0.25, 0.3) is 0 Å². The first-order chi connectivity index (χ1) is 14.2. The summed E-state index contributed by atoms with van der Waals surface area (Å²) in [5, 5.41) is 3.01. The van der Waals surface area contributed by atoms with E-state index in [0.29, 0.717) is 24.7 Å². The molecule has 0 aliphatic carbocycles. The highest BCUT2D eigenvalue weighted by Gasteiger charge is 2.11. The van der Waals surface area contributed by atoms with Crippen LogP contribution in [0.3, 0.4) is 0 Å². The van der Waals surface area contributed by atoms with Crippen LogP contribution >= 0.6 is 11.8 Å². The van der Waals surface area contributed by atoms with Crippen LogP contribution < -0.4 is 10.1 Å². The van der Waals surface area contributed by atoms with E-state index in [1.165, 1.54) is 0 Å². The van der Waals surface area contributed by atoms with E-state index in [1.54, 1.807) is 11.8 Å². The maximum absolute atomic E-state index is 14.3. The summed E-state index contributed by atoms with van der Waals surface area (Å²) >= 11 is 1.63. The Bertz CT molecular complexity index is 923. The molecule has 0 spiro atoms. The van der Waals surface area contributed by atoms with Crippen molar-refractivity contribution in [3.8, 4) is 6.01 Å². The minimum absolute atomic E-state index is 0.0616. The Balaban J connectivity index is 1.67. The minimum Gasteiger partial charge on any atom is -0.459 e. The van der Waals surface area contributed by atoms with Gasteiger partial charge >= 0.3 is 6.01 Å². The number of hydrogen-bond acceptors (Lipinski definition) is 5. The lowest BCUT2D eigenvalue weighted by Gasteiger charge is -2.11. The van der Waals surface area contributed by atoms with Crippen LogP contribution in [0.25, 0.3) is 0 Å². The molecule has 0 aliphatic rings. The first-order valence-electron chi connectivity index (χ1n) is 9.42. The number of aliphatic imine (C=N–C) groups is 1. The quantitative estimate of drug-likeness (QED) is 0.298. The number of ether oxygens (including phenoxy) is 1. The second-order valence-corrected chi connectivity index (χ2v) is 7.23. The molecule has 0 fully saturated rings. The van der Waals surface area contributed by atoms with Gasteiger partial charge in [-0.25, -0.2) is 9.37 Å². The number of amidine groups is 1. The summed E-state index contributed by atoms with van der Waals surface area (Å²) in [7, 11) is 0. The van der Waals surface area contributed by atoms with Crippen molar-refractivity contribution in [2.24, 2.45) is 4.99 Å². The van der Waals surface area contributed by atoms with E-state index in [0.717, 1.165) is 23.1 Å². The van der Waals surface area contributed by atoms with Crippen molar-refractivity contribution in [2.75, 3.05) is 17.6 Å². The molecule has 0 amide bonds. The van der Waals surface area contributed by atoms with Gasteiger partial charge in [0, 0.05) is 11.4 Å². The summed E-state index contributed by atoms with van der Waals surface area (Å²) in [6.07, 6.45) is 2.01. The van der Waals surface area contributed by atoms with E-state index in [-0.39, 0.29) is 11.8 Å². The van der Waals surface area contributed by atoms with Crippen molar-refractivity contribution >= 4 is 23.4 Å². The summed E-state index contributed by atoms with van der Waals surface area (Å²) in [4.78, 5) is 13.8. The van der Waals surface area contributed by atoms with Gasteiger partial charge in [0.2, 0.25) is 0 Å². The molecule has 1 N–H and O–H groups in total. The van der Waals surface area contributed by atoms with E-state index >= 15 is 0 Å². The number of anilines is 1. The molecule has 0 saturated carbocycles. The molecule has 0 radical (unpaired) electrons. The van der Waals surface area contributed by atoms with Crippen LogP contribution in [0.15, 0.2) is 76.7 Å². The maximum atomic E-state index is 14.3. The first kappa shape index (κ1) is 20.8. The zero-order valence-electron chi connectivity index (χ0n) is 16.2. The van der Waals surface area contributed by atoms with Crippen molar-refractivity contribution in [3.05, 3.63) is 78.2 Å². The number of nitrogens with one attached hydrogen (secondary N) is 1. The molecular weight excluding hydrogens is 387 g/mol. The summed E-state index contributed by atoms with van der Waals surface area (Å²) < 4.78 is 19.9. The molecule has 150 valence electrons. The van der Waals surface area contributed by atoms with E-state index < -0.39 is 5.82 Å². The predicted molar refractivity (Wildman–Crippen MR) is 116 cm³/mol. The van der Waals surface area contributed by atoms with Crippen LogP contribution in [0.5, 0.6) is 6.01 Å². The summed E-state index contributed by atoms with van der Waals surface area (Å²) in [6, 6.07) is 19.8. The predicted octanol–water partition coefficient (Wildman–Crippen LogP) is 5.21. The fourth-order valence-electron chi connectivity index (χ4n) is 2.40. The highest BCUT2D eigenvalue weighted by atomic mass is 32.2. The standard InChI is InChI=1S/C22H23FN4OS/c1-2-13-24-20(16-29-18-11-7-4-8-12-18)26-21-19(23)14-25-22(27-21)28-15-17-9-5-3-6-10-17/h3-12,14H,2,13,15-16H2,1H3,(H,24,25,26,27). The SMILES string of the molecule is CCCN=C(CSc1ccccc1)Nc1nc(OCc2ccccc2)ncc1F. The topological polar surface area (TPSA) is 59.4 Å². The lowest BCUT2D eigenvalue weighted by molar-refractivity contribution is 0.280. The second kappa shape index (κ2) is 11.2. The van der Waals surface area contributed by atoms with Gasteiger partial charge in [-0.3, -0.25) is 4.99 Å². The van der Waals surface area contributed by atoms with E-state index in [4.69, 9.17) is 4.74 Å². The van der Waals surface area contributed by atoms with Crippen LogP contribution in [0.4, 0.5) is 10.2 Å². The molecule has 2 aromatic carbocycles. The monoisotopic (exact) mass is 410 g/mol. The van der Waals surface area contributed by atoms with Gasteiger partial charge in [0.05, 0.1) is 11.9 Å². The second-order valence-electron chi connectivity index (χ2n) is 6.18. The fourth-order valence-corrected chi connectivity index (χ4v) is 3.22. The van der Waals surface area contributed by atoms with Crippen molar-refractivity contribution in [1.82, 2.24) is 9.97 Å². The van der Waals surface area contributed by atoms with Crippen LogP contribution in [0, 0.1) is 5.82 Å². The highest BCUT2D eigenvalue weighted by molar-refractivity contribution is 8.00. The first-order valence-corrected chi connectivity index (χ1v) is 10.4. The molecule has 0 unspecified atom stereocenters. The number of rotatable bonds is 9. The van der Waals surface area contributed by atoms with Gasteiger partial charge in [-0.05, 0) is 24.1 Å². The molecule has 3 aromatic rings. The third-order valence-corrected chi connectivity index (χ3v) is 4.86. The van der Waals surface area contributed by atoms with Crippen LogP contribution in [-0.2, 0) is 6.61 Å². The Hall–Kier alpha value is -2.93. The van der Waals surface area contributed by atoms with Gasteiger partial charge in [-0.15, -0.1) is 11.8 Å². The molecule has 29 heavy (non-hydrogen) atoms. The Morgan fingerprint density at radius 3 is 2.55 bits per heavy atom. The van der Waals surface area contributed by atoms with Crippen LogP contribution in [-0.4, -0.2) is 28.1 Å². The molecule has 1 heterocycles. The number of nitrogens with zero attached hydrogens (tertiary/aromatic N) is 3. The minimum atomic E-state index is -0.550. The van der Waals surface area contributed by atoms with E-state index in [1.807, 2.05) is 67.6 Å². The fraction of sp³-hybridized carbons (Fsp3) is 0.227. The van der Waals surface area contributed by atoms with E-state index in [2.05, 4.69) is 20.3 Å². The van der Waals surface area contributed by atoms with Gasteiger partial charge in [0.1, 0.15) is 12.4 Å². The van der Waals surface area contributed by atoms with Crippen molar-refractivity contribution < 1.29 is 9.13 Å². The number of hydrogen-bond donors (Lipinski definition) is 1. The average molecular weight is 411 g/mol. The smallest absolute Gasteiger partial charge is 0.318 e. The molecule has 5 nitrogen and oxygen atoms in total. The largest absolute Gasteiger partial charge is 0.459 e. The van der Waals surface area contributed by atoms with Crippen LogP contribution in [0.2, 0.25) is 0 Å². The molecule has 0 atom stereocenters. The Kier molecular flexibility index (Phi) is 8.01. The Morgan fingerprint density at radius 2 is 1.83 bits per heavy atom. The maximum Gasteiger partial charge on any atom is 0.318 e. The molecule has 0 saturated heterocycles. The Morgan fingerprint density at radius 1 is 1.10 bits per heavy atom. The summed E-state index contributed by atoms with van der Waals surface area (Å²) in [6.45, 7) is 3.01. The lowest BCUT2D eigenvalue weighted by atomic mass is 10.2. The van der Waals surface area contributed by atoms with Crippen LogP contribution in [0.1, 0.15) is 18.9 Å². The highest BCUT2D eigenvalue weighted by Crippen LogP contribution is 2.19. The lowest BCUT2D eigenvalue weighted by Crippen LogP contribution is -2.18.